The fraction of sp³-hybridized carbons (Fsp3) is 0.409. The zero-order chi connectivity index (χ0) is 23.5. The zero-order valence-electron chi connectivity index (χ0n) is 18.0. The van der Waals surface area contributed by atoms with Gasteiger partial charge in [0.25, 0.3) is 5.56 Å². The molecule has 2 aromatic rings. The number of rotatable bonds is 8. The van der Waals surface area contributed by atoms with Crippen molar-refractivity contribution < 1.29 is 28.6 Å². The van der Waals surface area contributed by atoms with E-state index in [-0.39, 0.29) is 40.5 Å². The number of methoxy groups -OCH3 is 1. The van der Waals surface area contributed by atoms with Gasteiger partial charge in [-0.2, -0.15) is 0 Å². The minimum atomic E-state index is -1.23. The van der Waals surface area contributed by atoms with Crippen molar-refractivity contribution in [3.63, 3.8) is 0 Å². The molecule has 0 spiro atoms. The quantitative estimate of drug-likeness (QED) is 0.597. The molecule has 7 nitrogen and oxygen atoms in total. The van der Waals surface area contributed by atoms with Crippen molar-refractivity contribution in [2.24, 2.45) is 0 Å². The van der Waals surface area contributed by atoms with E-state index in [9.17, 15) is 23.9 Å². The van der Waals surface area contributed by atoms with Gasteiger partial charge in [0.05, 0.1) is 23.9 Å². The number of hydrogen-bond acceptors (Lipinski definition) is 5. The van der Waals surface area contributed by atoms with Crippen LogP contribution in [0.3, 0.4) is 0 Å². The minimum absolute atomic E-state index is 0.00373. The van der Waals surface area contributed by atoms with E-state index in [1.807, 2.05) is 20.8 Å². The number of carboxylic acid groups (broad SMARTS) is 1. The second kappa shape index (κ2) is 9.62. The molecule has 0 saturated carbocycles. The third kappa shape index (κ3) is 5.71. The highest BCUT2D eigenvalue weighted by Gasteiger charge is 2.26. The fourth-order valence-corrected chi connectivity index (χ4v) is 3.25. The SMILES string of the molecule is COc1cn(C(CCOC(C)(C)C)C(=O)O)c(=O)cc1-c1c(C(C)=O)ccc(Cl)c1F. The van der Waals surface area contributed by atoms with Gasteiger partial charge in [0.2, 0.25) is 0 Å². The second-order valence-electron chi connectivity index (χ2n) is 7.94. The molecule has 0 aliphatic rings. The molecule has 0 saturated heterocycles. The highest BCUT2D eigenvalue weighted by atomic mass is 35.5. The number of carbonyl (C=O) groups excluding carboxylic acids is 1. The highest BCUT2D eigenvalue weighted by Crippen LogP contribution is 2.36. The van der Waals surface area contributed by atoms with E-state index in [0.717, 1.165) is 10.6 Å². The lowest BCUT2D eigenvalue weighted by molar-refractivity contribution is -0.142. The van der Waals surface area contributed by atoms with Crippen LogP contribution in [0.1, 0.15) is 50.5 Å². The standard InChI is InChI=1S/C22H25ClFNO6/c1-12(26)13-6-7-15(23)20(24)19(13)14-10-18(27)25(11-17(14)30-5)16(21(28)29)8-9-31-22(2,3)4/h6-7,10-11,16H,8-9H2,1-5H3,(H,28,29). The number of aromatic nitrogens is 1. The second-order valence-corrected chi connectivity index (χ2v) is 8.35. The summed E-state index contributed by atoms with van der Waals surface area (Å²) in [5.41, 5.74) is -1.32. The fourth-order valence-electron chi connectivity index (χ4n) is 3.10. The molecule has 168 valence electrons. The summed E-state index contributed by atoms with van der Waals surface area (Å²) >= 11 is 5.89. The Kier molecular flexibility index (Phi) is 7.62. The van der Waals surface area contributed by atoms with Crippen molar-refractivity contribution >= 4 is 23.4 Å². The number of nitrogens with zero attached hydrogens (tertiary/aromatic N) is 1. The summed E-state index contributed by atoms with van der Waals surface area (Å²) in [7, 11) is 1.29. The zero-order valence-corrected chi connectivity index (χ0v) is 18.7. The lowest BCUT2D eigenvalue weighted by Crippen LogP contribution is -2.31. The Bertz CT molecular complexity index is 1060. The smallest absolute Gasteiger partial charge is 0.326 e. The average molecular weight is 454 g/mol. The van der Waals surface area contributed by atoms with E-state index in [1.165, 1.54) is 32.4 Å². The molecule has 0 aliphatic carbocycles. The summed E-state index contributed by atoms with van der Waals surface area (Å²) < 4.78 is 26.7. The third-order valence-electron chi connectivity index (χ3n) is 4.55. The van der Waals surface area contributed by atoms with Crippen LogP contribution < -0.4 is 10.3 Å². The Morgan fingerprint density at radius 3 is 2.45 bits per heavy atom. The Morgan fingerprint density at radius 2 is 1.94 bits per heavy atom. The molecule has 0 bridgehead atoms. The number of pyridine rings is 1. The van der Waals surface area contributed by atoms with E-state index in [2.05, 4.69) is 0 Å². The van der Waals surface area contributed by atoms with Crippen LogP contribution in [-0.2, 0) is 9.53 Å². The summed E-state index contributed by atoms with van der Waals surface area (Å²) in [4.78, 5) is 36.7. The average Bonchev–Trinajstić information content (AvgIpc) is 2.66. The molecule has 1 atom stereocenters. The molecule has 1 aromatic heterocycles. The maximum atomic E-state index is 14.9. The van der Waals surface area contributed by atoms with Gasteiger partial charge in [-0.3, -0.25) is 14.2 Å². The molecule has 0 radical (unpaired) electrons. The van der Waals surface area contributed by atoms with E-state index in [0.29, 0.717) is 0 Å². The first-order valence-corrected chi connectivity index (χ1v) is 9.91. The molecule has 1 N–H and O–H groups in total. The number of benzene rings is 1. The molecule has 31 heavy (non-hydrogen) atoms. The van der Waals surface area contributed by atoms with Crippen LogP contribution >= 0.6 is 11.6 Å². The molecule has 0 fully saturated rings. The highest BCUT2D eigenvalue weighted by molar-refractivity contribution is 6.31. The first-order chi connectivity index (χ1) is 14.4. The molecule has 9 heteroatoms. The third-order valence-corrected chi connectivity index (χ3v) is 4.85. The Hall–Kier alpha value is -2.71. The first-order valence-electron chi connectivity index (χ1n) is 9.53. The van der Waals surface area contributed by atoms with Crippen LogP contribution in [0.5, 0.6) is 5.75 Å². The van der Waals surface area contributed by atoms with Gasteiger partial charge in [-0.05, 0) is 39.8 Å². The molecule has 0 amide bonds. The monoisotopic (exact) mass is 453 g/mol. The Morgan fingerprint density at radius 1 is 1.29 bits per heavy atom. The van der Waals surface area contributed by atoms with Crippen molar-refractivity contribution in [1.29, 1.82) is 0 Å². The van der Waals surface area contributed by atoms with Crippen molar-refractivity contribution in [1.82, 2.24) is 4.57 Å². The summed E-state index contributed by atoms with van der Waals surface area (Å²) in [6.07, 6.45) is 1.22. The number of ether oxygens (including phenoxy) is 2. The molecule has 1 unspecified atom stereocenters. The van der Waals surface area contributed by atoms with Crippen LogP contribution in [0.4, 0.5) is 4.39 Å². The number of carbonyl (C=O) groups is 2. The van der Waals surface area contributed by atoms with Crippen molar-refractivity contribution in [2.75, 3.05) is 13.7 Å². The van der Waals surface area contributed by atoms with Crippen LogP contribution in [0.2, 0.25) is 5.02 Å². The predicted molar refractivity (Wildman–Crippen MR) is 115 cm³/mol. The predicted octanol–water partition coefficient (Wildman–Crippen LogP) is 4.35. The maximum Gasteiger partial charge on any atom is 0.326 e. The van der Waals surface area contributed by atoms with Crippen molar-refractivity contribution in [3.8, 4) is 16.9 Å². The summed E-state index contributed by atoms with van der Waals surface area (Å²) in [6, 6.07) is 2.42. The minimum Gasteiger partial charge on any atom is -0.495 e. The first kappa shape index (κ1) is 24.6. The van der Waals surface area contributed by atoms with Gasteiger partial charge < -0.3 is 14.6 Å². The van der Waals surface area contributed by atoms with Gasteiger partial charge >= 0.3 is 5.97 Å². The Labute approximate surface area is 184 Å². The largest absolute Gasteiger partial charge is 0.495 e. The summed E-state index contributed by atoms with van der Waals surface area (Å²) in [5.74, 6) is -2.52. The number of halogens is 2. The number of ketones is 1. The Balaban J connectivity index is 2.62. The van der Waals surface area contributed by atoms with Crippen LogP contribution in [-0.4, -0.2) is 40.7 Å². The van der Waals surface area contributed by atoms with Gasteiger partial charge in [0.1, 0.15) is 17.6 Å². The van der Waals surface area contributed by atoms with E-state index in [1.54, 1.807) is 0 Å². The molecule has 2 rings (SSSR count). The van der Waals surface area contributed by atoms with E-state index in [4.69, 9.17) is 21.1 Å². The van der Waals surface area contributed by atoms with E-state index >= 15 is 0 Å². The van der Waals surface area contributed by atoms with Crippen LogP contribution in [0.15, 0.2) is 29.2 Å². The molecular weight excluding hydrogens is 429 g/mol. The lowest BCUT2D eigenvalue weighted by atomic mass is 9.96. The van der Waals surface area contributed by atoms with Crippen molar-refractivity contribution in [2.45, 2.75) is 45.8 Å². The topological polar surface area (TPSA) is 94.8 Å². The number of carboxylic acids is 1. The van der Waals surface area contributed by atoms with Gasteiger partial charge in [0.15, 0.2) is 5.78 Å². The molecular formula is C22H25ClFNO6. The number of hydrogen-bond donors (Lipinski definition) is 1. The van der Waals surface area contributed by atoms with Gasteiger partial charge in [-0.25, -0.2) is 9.18 Å². The number of aliphatic carboxylic acids is 1. The summed E-state index contributed by atoms with van der Waals surface area (Å²) in [5, 5.41) is 9.42. The van der Waals surface area contributed by atoms with Gasteiger partial charge in [-0.15, -0.1) is 0 Å². The van der Waals surface area contributed by atoms with Crippen molar-refractivity contribution in [3.05, 3.63) is 51.2 Å². The van der Waals surface area contributed by atoms with Gasteiger partial charge in [0, 0.05) is 35.8 Å². The lowest BCUT2D eigenvalue weighted by Gasteiger charge is -2.23. The number of Topliss-reactive ketones (excluding diaryl/α,β-unsaturated/α-hetero) is 1. The van der Waals surface area contributed by atoms with E-state index < -0.39 is 34.8 Å². The normalized spacial score (nSPS) is 12.5. The molecule has 1 heterocycles. The summed E-state index contributed by atoms with van der Waals surface area (Å²) in [6.45, 7) is 6.86. The molecule has 0 aliphatic heterocycles. The van der Waals surface area contributed by atoms with Crippen LogP contribution in [0, 0.1) is 5.82 Å². The van der Waals surface area contributed by atoms with Gasteiger partial charge in [-0.1, -0.05) is 11.6 Å². The maximum absolute atomic E-state index is 14.9. The molecule has 1 aromatic carbocycles. The van der Waals surface area contributed by atoms with Crippen LogP contribution in [0.25, 0.3) is 11.1 Å².